The zero-order valence-corrected chi connectivity index (χ0v) is 37.5. The van der Waals surface area contributed by atoms with Gasteiger partial charge in [-0.2, -0.15) is 0 Å². The number of rotatable bonds is 26. The third-order valence-corrected chi connectivity index (χ3v) is 12.6. The summed E-state index contributed by atoms with van der Waals surface area (Å²) in [5.74, 6) is 0. The molecule has 1 aliphatic rings. The van der Waals surface area contributed by atoms with Crippen molar-refractivity contribution in [3.63, 3.8) is 0 Å². The summed E-state index contributed by atoms with van der Waals surface area (Å²) in [5, 5.41) is 2.72. The van der Waals surface area contributed by atoms with Crippen LogP contribution in [0.4, 0.5) is 0 Å². The average molecular weight is 770 g/mol. The van der Waals surface area contributed by atoms with Crippen LogP contribution in [-0.4, -0.2) is 4.70 Å². The monoisotopic (exact) mass is 769 g/mol. The predicted octanol–water partition coefficient (Wildman–Crippen LogP) is 16.7. The van der Waals surface area contributed by atoms with Crippen molar-refractivity contribution in [3.8, 4) is 0 Å². The minimum atomic E-state index is 1.02. The molecular formula is C50H82N2Ni. The second kappa shape index (κ2) is 27.6. The molecule has 0 saturated carbocycles. The second-order valence-electron chi connectivity index (χ2n) is 15.6. The molecule has 0 N–H and O–H groups in total. The fraction of sp³-hybridized carbons (Fsp3) is 0.680. The van der Waals surface area contributed by atoms with E-state index in [1.54, 1.807) is 4.70 Å². The van der Waals surface area contributed by atoms with Crippen LogP contribution < -0.4 is 0 Å². The van der Waals surface area contributed by atoms with Gasteiger partial charge in [0.25, 0.3) is 0 Å². The SMILES string of the molecule is CCCCCCC1=C(c2cc(CCCC)c(C)c(CCCC)c2)[N+](=[N-])C(c2cc(CCCC)c(C)c(CCCC)c2)=C1CCCC.CC[CH2][Ni][CH2]CC. The van der Waals surface area contributed by atoms with Crippen LogP contribution in [0.25, 0.3) is 16.9 Å². The fourth-order valence-corrected chi connectivity index (χ4v) is 8.58. The number of unbranched alkanes of at least 4 members (excludes halogenated alkanes) is 8. The van der Waals surface area contributed by atoms with Gasteiger partial charge in [0, 0.05) is 22.3 Å². The minimum absolute atomic E-state index is 1.02. The van der Waals surface area contributed by atoms with Crippen molar-refractivity contribution in [3.05, 3.63) is 85.5 Å². The molecule has 0 atom stereocenters. The molecule has 0 bridgehead atoms. The van der Waals surface area contributed by atoms with E-state index in [1.807, 2.05) is 14.4 Å². The summed E-state index contributed by atoms with van der Waals surface area (Å²) in [7, 11) is 0. The Kier molecular flexibility index (Phi) is 24.5. The van der Waals surface area contributed by atoms with Crippen LogP contribution in [0.2, 0.25) is 10.8 Å². The molecule has 2 nitrogen and oxygen atoms in total. The van der Waals surface area contributed by atoms with Gasteiger partial charge in [-0.3, -0.25) is 0 Å². The van der Waals surface area contributed by atoms with Gasteiger partial charge in [0.2, 0.25) is 11.4 Å². The molecule has 0 saturated heterocycles. The molecule has 302 valence electrons. The average Bonchev–Trinajstić information content (AvgIpc) is 3.44. The summed E-state index contributed by atoms with van der Waals surface area (Å²) in [6.45, 7) is 22.9. The van der Waals surface area contributed by atoms with Crippen molar-refractivity contribution < 1.29 is 19.1 Å². The van der Waals surface area contributed by atoms with Gasteiger partial charge in [-0.15, -0.1) is 0 Å². The normalized spacial score (nSPS) is 13.1. The molecule has 53 heavy (non-hydrogen) atoms. The van der Waals surface area contributed by atoms with E-state index in [4.69, 9.17) is 0 Å². The molecule has 3 heteroatoms. The standard InChI is InChI=1S/C44H68N2.2C3H7.Ni/c1-9-15-21-22-28-42-41(27-20-14-6)43(39-29-35(23-16-10-2)33(7)36(30-39)24-17-11-3)46(45)44(42)40-31-37(25-18-12-4)34(8)38(32-40)26-19-13-5;2*1-3-2;/h29-32H,9-28H2,1-8H3;2*1,3H2,2H3;. The molecule has 0 unspecified atom stereocenters. The number of aryl methyl sites for hydroxylation is 4. The van der Waals surface area contributed by atoms with Crippen LogP contribution in [0.15, 0.2) is 35.4 Å². The van der Waals surface area contributed by atoms with E-state index >= 15 is 0 Å². The summed E-state index contributed by atoms with van der Waals surface area (Å²) in [5.41, 5.74) is 28.7. The van der Waals surface area contributed by atoms with Gasteiger partial charge in [-0.1, -0.05) is 92.9 Å². The first-order chi connectivity index (χ1) is 25.8. The molecule has 0 radical (unpaired) electrons. The fourth-order valence-electron chi connectivity index (χ4n) is 7.63. The molecule has 3 rings (SSSR count). The maximum atomic E-state index is 12.5. The van der Waals surface area contributed by atoms with Crippen molar-refractivity contribution in [2.75, 3.05) is 0 Å². The molecule has 0 aromatic heterocycles. The number of benzene rings is 2. The zero-order valence-electron chi connectivity index (χ0n) is 36.5. The van der Waals surface area contributed by atoms with Crippen molar-refractivity contribution in [1.82, 2.24) is 0 Å². The Bertz CT molecular complexity index is 1360. The maximum absolute atomic E-state index is 12.5. The Morgan fingerprint density at radius 2 is 0.736 bits per heavy atom. The van der Waals surface area contributed by atoms with Crippen LogP contribution >= 0.6 is 0 Å². The van der Waals surface area contributed by atoms with E-state index in [0.717, 1.165) is 62.8 Å². The Morgan fingerprint density at radius 3 is 1.06 bits per heavy atom. The van der Waals surface area contributed by atoms with Crippen molar-refractivity contribution >= 4 is 11.4 Å². The van der Waals surface area contributed by atoms with E-state index in [1.165, 1.54) is 156 Å². The number of hydrogen-bond donors (Lipinski definition) is 0. The van der Waals surface area contributed by atoms with Crippen LogP contribution in [0.3, 0.4) is 0 Å². The van der Waals surface area contributed by atoms with E-state index < -0.39 is 0 Å². The van der Waals surface area contributed by atoms with Crippen LogP contribution in [0.5, 0.6) is 0 Å². The molecule has 0 fully saturated rings. The molecule has 1 aliphatic heterocycles. The van der Waals surface area contributed by atoms with Gasteiger partial charge in [0.05, 0.1) is 0 Å². The van der Waals surface area contributed by atoms with Crippen LogP contribution in [0.1, 0.15) is 215 Å². The van der Waals surface area contributed by atoms with Gasteiger partial charge in [-0.25, -0.2) is 4.70 Å². The quantitative estimate of drug-likeness (QED) is 0.0517. The van der Waals surface area contributed by atoms with Crippen LogP contribution in [-0.2, 0) is 40.1 Å². The number of allylic oxidation sites excluding steroid dienone is 2. The second-order valence-corrected chi connectivity index (χ2v) is 17.1. The van der Waals surface area contributed by atoms with E-state index in [0.29, 0.717) is 0 Å². The Morgan fingerprint density at radius 1 is 0.415 bits per heavy atom. The third kappa shape index (κ3) is 14.9. The van der Waals surface area contributed by atoms with E-state index in [9.17, 15) is 5.53 Å². The molecule has 1 heterocycles. The van der Waals surface area contributed by atoms with Gasteiger partial charge >= 0.3 is 51.9 Å². The van der Waals surface area contributed by atoms with E-state index in [-0.39, 0.29) is 0 Å². The summed E-state index contributed by atoms with van der Waals surface area (Å²) >= 11 is 1.90. The van der Waals surface area contributed by atoms with Gasteiger partial charge in [-0.05, 0) is 149 Å². The molecule has 0 spiro atoms. The number of nitrogens with zero attached hydrogens (tertiary/aromatic N) is 2. The first kappa shape index (κ1) is 47.2. The summed E-state index contributed by atoms with van der Waals surface area (Å²) < 4.78 is 1.66. The van der Waals surface area contributed by atoms with Crippen LogP contribution in [0, 0.1) is 13.8 Å². The molecular weight excluding hydrogens is 687 g/mol. The van der Waals surface area contributed by atoms with Gasteiger partial charge in [0.1, 0.15) is 0 Å². The Hall–Kier alpha value is -1.99. The third-order valence-electron chi connectivity index (χ3n) is 11.0. The van der Waals surface area contributed by atoms with Crippen molar-refractivity contribution in [1.29, 1.82) is 0 Å². The Labute approximate surface area is 335 Å². The summed E-state index contributed by atoms with van der Waals surface area (Å²) in [4.78, 5) is 0. The Balaban J connectivity index is 0.00000126. The van der Waals surface area contributed by atoms with Crippen molar-refractivity contribution in [2.24, 2.45) is 0 Å². The van der Waals surface area contributed by atoms with Gasteiger partial charge in [0.15, 0.2) is 0 Å². The van der Waals surface area contributed by atoms with Crippen molar-refractivity contribution in [2.45, 2.75) is 221 Å². The summed E-state index contributed by atoms with van der Waals surface area (Å²) in [6.07, 6.45) is 26.1. The molecule has 2 aromatic carbocycles. The predicted molar refractivity (Wildman–Crippen MR) is 233 cm³/mol. The molecule has 0 amide bonds. The molecule has 0 aliphatic carbocycles. The molecule has 2 aromatic rings. The first-order valence-electron chi connectivity index (χ1n) is 22.4. The van der Waals surface area contributed by atoms with Gasteiger partial charge < -0.3 is 5.53 Å². The topological polar surface area (TPSA) is 25.3 Å². The summed E-state index contributed by atoms with van der Waals surface area (Å²) in [6, 6.07) is 9.77. The first-order valence-corrected chi connectivity index (χ1v) is 23.8. The zero-order chi connectivity index (χ0) is 39.0. The van der Waals surface area contributed by atoms with E-state index in [2.05, 4.69) is 93.5 Å². The number of hydrogen-bond acceptors (Lipinski definition) is 0.